The Bertz CT molecular complexity index is 1280. The Morgan fingerprint density at radius 3 is 2.15 bits per heavy atom. The molecule has 7 heteroatoms. The molecule has 0 aliphatic heterocycles. The highest BCUT2D eigenvalue weighted by Crippen LogP contribution is 2.44. The maximum atomic E-state index is 12.7. The van der Waals surface area contributed by atoms with Gasteiger partial charge < -0.3 is 9.84 Å². The largest absolute Gasteiger partial charge is 0.480 e. The highest BCUT2D eigenvalue weighted by Gasteiger charge is 2.29. The Labute approximate surface area is 190 Å². The van der Waals surface area contributed by atoms with Gasteiger partial charge >= 0.3 is 12.1 Å². The number of benzene rings is 3. The molecule has 5 rings (SSSR count). The molecular weight excluding hydrogens is 418 g/mol. The number of nitrogens with zero attached hydrogens (tertiary/aromatic N) is 2. The molecule has 2 N–H and O–H groups in total. The first-order valence-corrected chi connectivity index (χ1v) is 10.6. The third kappa shape index (κ3) is 4.08. The Kier molecular flexibility index (Phi) is 5.36. The second-order valence-electron chi connectivity index (χ2n) is 7.78. The van der Waals surface area contributed by atoms with E-state index in [2.05, 4.69) is 34.7 Å². The number of hydrogen-bond donors (Lipinski definition) is 2. The number of aliphatic carboxylic acids is 1. The van der Waals surface area contributed by atoms with E-state index >= 15 is 0 Å². The monoisotopic (exact) mass is 439 g/mol. The van der Waals surface area contributed by atoms with E-state index in [0.29, 0.717) is 5.69 Å². The number of hydrogen-bond acceptors (Lipinski definition) is 4. The lowest BCUT2D eigenvalue weighted by Gasteiger charge is -2.14. The van der Waals surface area contributed by atoms with Gasteiger partial charge in [0.05, 0.1) is 5.69 Å². The zero-order valence-electron chi connectivity index (χ0n) is 17.6. The number of nitrogens with one attached hydrogen (secondary N) is 1. The van der Waals surface area contributed by atoms with Crippen molar-refractivity contribution in [2.24, 2.45) is 0 Å². The molecule has 0 saturated carbocycles. The fourth-order valence-corrected chi connectivity index (χ4v) is 4.26. The van der Waals surface area contributed by atoms with E-state index in [1.165, 1.54) is 4.68 Å². The zero-order valence-corrected chi connectivity index (χ0v) is 17.6. The van der Waals surface area contributed by atoms with Crippen LogP contribution in [0, 0.1) is 0 Å². The fraction of sp³-hybridized carbons (Fsp3) is 0.115. The summed E-state index contributed by atoms with van der Waals surface area (Å²) in [4.78, 5) is 23.9. The number of fused-ring (bicyclic) bond motifs is 3. The van der Waals surface area contributed by atoms with E-state index in [0.717, 1.165) is 27.8 Å². The van der Waals surface area contributed by atoms with Crippen molar-refractivity contribution in [3.8, 4) is 22.4 Å². The molecule has 0 radical (unpaired) electrons. The molecule has 1 aliphatic carbocycles. The van der Waals surface area contributed by atoms with Gasteiger partial charge in [-0.25, -0.2) is 9.48 Å². The zero-order chi connectivity index (χ0) is 22.8. The smallest absolute Gasteiger partial charge is 0.412 e. The molecule has 3 aromatic carbocycles. The molecule has 1 amide bonds. The predicted molar refractivity (Wildman–Crippen MR) is 124 cm³/mol. The van der Waals surface area contributed by atoms with E-state index in [9.17, 15) is 14.7 Å². The average Bonchev–Trinajstić information content (AvgIpc) is 3.36. The lowest BCUT2D eigenvalue weighted by Crippen LogP contribution is -2.21. The Morgan fingerprint density at radius 1 is 0.909 bits per heavy atom. The van der Waals surface area contributed by atoms with Gasteiger partial charge in [-0.3, -0.25) is 10.1 Å². The lowest BCUT2D eigenvalue weighted by atomic mass is 9.98. The van der Waals surface area contributed by atoms with Crippen LogP contribution in [0.2, 0.25) is 0 Å². The summed E-state index contributed by atoms with van der Waals surface area (Å²) in [7, 11) is 0. The van der Waals surface area contributed by atoms with Crippen molar-refractivity contribution in [3.63, 3.8) is 0 Å². The van der Waals surface area contributed by atoms with Gasteiger partial charge in [0.15, 0.2) is 0 Å². The minimum Gasteiger partial charge on any atom is -0.480 e. The number of carbonyl (C=O) groups excluding carboxylic acids is 1. The molecule has 0 fully saturated rings. The molecule has 1 heterocycles. The van der Waals surface area contributed by atoms with Crippen LogP contribution in [0.25, 0.3) is 22.4 Å². The van der Waals surface area contributed by atoms with Crippen LogP contribution >= 0.6 is 0 Å². The molecule has 0 bridgehead atoms. The van der Waals surface area contributed by atoms with Crippen molar-refractivity contribution >= 4 is 17.9 Å². The number of aromatic nitrogens is 2. The molecular formula is C26H21N3O4. The van der Waals surface area contributed by atoms with Gasteiger partial charge in [0.1, 0.15) is 19.0 Å². The van der Waals surface area contributed by atoms with Gasteiger partial charge in [-0.05, 0) is 22.3 Å². The van der Waals surface area contributed by atoms with Crippen LogP contribution < -0.4 is 5.32 Å². The summed E-state index contributed by atoms with van der Waals surface area (Å²) in [6.07, 6.45) is -0.664. The third-order valence-electron chi connectivity index (χ3n) is 5.71. The van der Waals surface area contributed by atoms with E-state index in [4.69, 9.17) is 4.74 Å². The molecule has 0 saturated heterocycles. The second kappa shape index (κ2) is 8.63. The van der Waals surface area contributed by atoms with Gasteiger partial charge in [-0.15, -0.1) is 0 Å². The Morgan fingerprint density at radius 2 is 1.52 bits per heavy atom. The third-order valence-corrected chi connectivity index (χ3v) is 5.71. The summed E-state index contributed by atoms with van der Waals surface area (Å²) in [6, 6.07) is 27.2. The van der Waals surface area contributed by atoms with Crippen molar-refractivity contribution in [2.45, 2.75) is 12.5 Å². The SMILES string of the molecule is O=C(O)Cn1nc(-c2ccccc2)cc1NC(=O)OCC1c2ccccc2-c2ccccc21. The lowest BCUT2D eigenvalue weighted by molar-refractivity contribution is -0.137. The summed E-state index contributed by atoms with van der Waals surface area (Å²) >= 11 is 0. The quantitative estimate of drug-likeness (QED) is 0.441. The first-order valence-electron chi connectivity index (χ1n) is 10.6. The van der Waals surface area contributed by atoms with E-state index in [1.807, 2.05) is 54.6 Å². The number of ether oxygens (including phenoxy) is 1. The highest BCUT2D eigenvalue weighted by molar-refractivity contribution is 5.85. The first kappa shape index (κ1) is 20.5. The van der Waals surface area contributed by atoms with Crippen molar-refractivity contribution < 1.29 is 19.4 Å². The number of rotatable bonds is 6. The van der Waals surface area contributed by atoms with E-state index in [1.54, 1.807) is 6.07 Å². The van der Waals surface area contributed by atoms with Crippen molar-refractivity contribution in [1.29, 1.82) is 0 Å². The maximum absolute atomic E-state index is 12.7. The number of carboxylic acid groups (broad SMARTS) is 1. The van der Waals surface area contributed by atoms with Crippen molar-refractivity contribution in [2.75, 3.05) is 11.9 Å². The number of anilines is 1. The van der Waals surface area contributed by atoms with Crippen LogP contribution in [0.15, 0.2) is 84.9 Å². The Balaban J connectivity index is 1.34. The summed E-state index contributed by atoms with van der Waals surface area (Å²) < 4.78 is 6.82. The highest BCUT2D eigenvalue weighted by atomic mass is 16.5. The van der Waals surface area contributed by atoms with E-state index < -0.39 is 12.1 Å². The number of carboxylic acids is 1. The predicted octanol–water partition coefficient (Wildman–Crippen LogP) is 5.00. The first-order chi connectivity index (χ1) is 16.1. The van der Waals surface area contributed by atoms with Crippen LogP contribution in [0.1, 0.15) is 17.0 Å². The fourth-order valence-electron chi connectivity index (χ4n) is 4.26. The molecule has 33 heavy (non-hydrogen) atoms. The molecule has 0 unspecified atom stereocenters. The van der Waals surface area contributed by atoms with Crippen molar-refractivity contribution in [3.05, 3.63) is 96.1 Å². The number of amides is 1. The molecule has 164 valence electrons. The molecule has 1 aliphatic rings. The molecule has 0 atom stereocenters. The van der Waals surface area contributed by atoms with Crippen LogP contribution in [-0.4, -0.2) is 33.6 Å². The topological polar surface area (TPSA) is 93.5 Å². The van der Waals surface area contributed by atoms with Crippen LogP contribution in [0.3, 0.4) is 0 Å². The van der Waals surface area contributed by atoms with Crippen LogP contribution in [-0.2, 0) is 16.1 Å². The molecule has 7 nitrogen and oxygen atoms in total. The maximum Gasteiger partial charge on any atom is 0.412 e. The molecule has 4 aromatic rings. The Hall–Kier alpha value is -4.39. The molecule has 1 aromatic heterocycles. The minimum absolute atomic E-state index is 0.0630. The van der Waals surface area contributed by atoms with Gasteiger partial charge in [0.2, 0.25) is 0 Å². The van der Waals surface area contributed by atoms with Gasteiger partial charge in [-0.1, -0.05) is 78.9 Å². The average molecular weight is 439 g/mol. The standard InChI is InChI=1S/C26H21N3O4/c30-25(31)15-29-24(14-23(28-29)17-8-2-1-3-9-17)27-26(32)33-16-22-20-12-6-4-10-18(20)19-11-5-7-13-21(19)22/h1-14,22H,15-16H2,(H,27,32)(H,30,31). The minimum atomic E-state index is -1.06. The van der Waals surface area contributed by atoms with Crippen LogP contribution in [0.5, 0.6) is 0 Å². The van der Waals surface area contributed by atoms with Gasteiger partial charge in [-0.2, -0.15) is 5.10 Å². The summed E-state index contributed by atoms with van der Waals surface area (Å²) in [6.45, 7) is -0.218. The van der Waals surface area contributed by atoms with Crippen molar-refractivity contribution in [1.82, 2.24) is 9.78 Å². The second-order valence-corrected chi connectivity index (χ2v) is 7.78. The summed E-state index contributed by atoms with van der Waals surface area (Å²) in [5, 5.41) is 16.2. The summed E-state index contributed by atoms with van der Waals surface area (Å²) in [5.41, 5.74) is 5.91. The number of carbonyl (C=O) groups is 2. The molecule has 0 spiro atoms. The van der Waals surface area contributed by atoms with E-state index in [-0.39, 0.29) is 24.9 Å². The normalized spacial score (nSPS) is 12.1. The van der Waals surface area contributed by atoms with Gasteiger partial charge in [0, 0.05) is 17.5 Å². The van der Waals surface area contributed by atoms with Gasteiger partial charge in [0.25, 0.3) is 0 Å². The summed E-state index contributed by atoms with van der Waals surface area (Å²) in [5.74, 6) is -0.867. The van der Waals surface area contributed by atoms with Crippen LogP contribution in [0.4, 0.5) is 10.6 Å².